The van der Waals surface area contributed by atoms with Crippen molar-refractivity contribution in [2.45, 2.75) is 94.3 Å². The van der Waals surface area contributed by atoms with Crippen LogP contribution in [-0.2, 0) is 11.8 Å². The highest BCUT2D eigenvalue weighted by molar-refractivity contribution is 6.78. The van der Waals surface area contributed by atoms with Gasteiger partial charge in [0.05, 0.1) is 0 Å². The van der Waals surface area contributed by atoms with Gasteiger partial charge in [0.25, 0.3) is 8.32 Å². The van der Waals surface area contributed by atoms with Gasteiger partial charge in [-0.05, 0) is 60.8 Å². The van der Waals surface area contributed by atoms with E-state index in [4.69, 9.17) is 14.9 Å². The van der Waals surface area contributed by atoms with Crippen molar-refractivity contribution in [2.24, 2.45) is 11.7 Å². The first kappa shape index (κ1) is 22.4. The van der Waals surface area contributed by atoms with Crippen molar-refractivity contribution < 1.29 is 14.3 Å². The monoisotopic (exact) mass is 456 g/mol. The summed E-state index contributed by atoms with van der Waals surface area (Å²) in [5.74, 6) is 2.01. The minimum absolute atomic E-state index is 0.282. The van der Waals surface area contributed by atoms with Gasteiger partial charge < -0.3 is 19.2 Å². The maximum atomic E-state index is 11.2. The molecule has 0 saturated carbocycles. The van der Waals surface area contributed by atoms with Crippen LogP contribution in [0.4, 0.5) is 0 Å². The maximum Gasteiger partial charge on any atom is 0.258 e. The number of hydrogen-bond donors (Lipinski definition) is 2. The van der Waals surface area contributed by atoms with E-state index in [0.717, 1.165) is 30.9 Å². The van der Waals surface area contributed by atoms with Gasteiger partial charge in [-0.25, -0.2) is 0 Å². The Labute approximate surface area is 194 Å². The molecule has 2 bridgehead atoms. The zero-order chi connectivity index (χ0) is 23.2. The lowest BCUT2D eigenvalue weighted by Crippen LogP contribution is -2.70. The Balaban J connectivity index is 1.70. The summed E-state index contributed by atoms with van der Waals surface area (Å²) in [5, 5.41) is 11.2. The molecule has 1 spiro atoms. The van der Waals surface area contributed by atoms with Gasteiger partial charge in [0.15, 0.2) is 17.6 Å². The van der Waals surface area contributed by atoms with E-state index in [-0.39, 0.29) is 5.41 Å². The van der Waals surface area contributed by atoms with E-state index in [1.807, 2.05) is 0 Å². The number of benzene rings is 1. The van der Waals surface area contributed by atoms with Crippen LogP contribution >= 0.6 is 0 Å². The Morgan fingerprint density at radius 3 is 2.44 bits per heavy atom. The van der Waals surface area contributed by atoms with Crippen molar-refractivity contribution in [1.29, 1.82) is 0 Å². The molecular formula is C26H40N2O3Si. The first-order valence-electron chi connectivity index (χ1n) is 12.4. The largest absolute Gasteiger partial charge is 0.540 e. The maximum absolute atomic E-state index is 11.2. The summed E-state index contributed by atoms with van der Waals surface area (Å²) in [4.78, 5) is 2.47. The number of likely N-dealkylation sites (tertiary alicyclic amines) is 1. The van der Waals surface area contributed by atoms with Gasteiger partial charge in [0, 0.05) is 22.9 Å². The van der Waals surface area contributed by atoms with Crippen molar-refractivity contribution >= 4 is 8.32 Å². The first-order valence-corrected chi connectivity index (χ1v) is 14.5. The predicted octanol–water partition coefficient (Wildman–Crippen LogP) is 4.33. The zero-order valence-corrected chi connectivity index (χ0v) is 21.7. The molecule has 0 radical (unpaired) electrons. The molecule has 1 saturated heterocycles. The van der Waals surface area contributed by atoms with E-state index in [2.05, 4.69) is 71.7 Å². The Bertz CT molecular complexity index is 935. The van der Waals surface area contributed by atoms with Gasteiger partial charge >= 0.3 is 0 Å². The lowest BCUT2D eigenvalue weighted by molar-refractivity contribution is -0.0949. The number of hydrogen-bond acceptors (Lipinski definition) is 5. The van der Waals surface area contributed by atoms with Crippen LogP contribution in [0.5, 0.6) is 11.5 Å². The topological polar surface area (TPSA) is 68.0 Å². The molecule has 2 aliphatic carbocycles. The van der Waals surface area contributed by atoms with Gasteiger partial charge in [-0.15, -0.1) is 0 Å². The summed E-state index contributed by atoms with van der Waals surface area (Å²) in [6.45, 7) is 14.8. The van der Waals surface area contributed by atoms with Gasteiger partial charge in [0.1, 0.15) is 5.75 Å². The van der Waals surface area contributed by atoms with Gasteiger partial charge in [-0.1, -0.05) is 53.7 Å². The number of rotatable bonds is 5. The Hall–Kier alpha value is -1.34. The number of nitrogens with zero attached hydrogens (tertiary/aromatic N) is 1. The predicted molar refractivity (Wildman–Crippen MR) is 131 cm³/mol. The molecule has 2 aliphatic heterocycles. The van der Waals surface area contributed by atoms with Crippen molar-refractivity contribution in [1.82, 2.24) is 4.90 Å². The minimum Gasteiger partial charge on any atom is -0.540 e. The normalized spacial score (nSPS) is 35.4. The summed E-state index contributed by atoms with van der Waals surface area (Å²) in [5.41, 5.74) is 8.72. The lowest BCUT2D eigenvalue weighted by Gasteiger charge is -2.57. The smallest absolute Gasteiger partial charge is 0.258 e. The molecule has 3 N–H and O–H groups in total. The Morgan fingerprint density at radius 1 is 1.16 bits per heavy atom. The standard InChI is InChI=1S/C26H40N2O3Si/c1-15(2)32(16(3)4,17(5)6)31-21-9-8-18-14-20-19-10-11-26(27,29)24-25(19,12-13-28(20)7)22(18)23(21)30-24/h8-11,15-17,19-20,24,29H,12-14,27H2,1-7H3/t19-,20+,24+,25-,26-/m0/s1. The zero-order valence-electron chi connectivity index (χ0n) is 20.7. The molecule has 176 valence electrons. The molecule has 1 aromatic carbocycles. The van der Waals surface area contributed by atoms with Crippen LogP contribution in [0.1, 0.15) is 59.1 Å². The highest BCUT2D eigenvalue weighted by atomic mass is 28.4. The molecular weight excluding hydrogens is 416 g/mol. The van der Waals surface area contributed by atoms with Crippen LogP contribution in [0.15, 0.2) is 24.3 Å². The number of piperidine rings is 1. The van der Waals surface area contributed by atoms with Crippen molar-refractivity contribution in [2.75, 3.05) is 13.6 Å². The average Bonchev–Trinajstić information content (AvgIpc) is 3.06. The van der Waals surface area contributed by atoms with E-state index in [0.29, 0.717) is 28.6 Å². The third kappa shape index (κ3) is 2.67. The van der Waals surface area contributed by atoms with Crippen LogP contribution in [0.3, 0.4) is 0 Å². The van der Waals surface area contributed by atoms with E-state index in [9.17, 15) is 5.11 Å². The summed E-state index contributed by atoms with van der Waals surface area (Å²) in [7, 11) is 0.0642. The molecule has 0 amide bonds. The van der Waals surface area contributed by atoms with Gasteiger partial charge in [-0.3, -0.25) is 5.73 Å². The number of nitrogens with two attached hydrogens (primary N) is 1. The summed E-state index contributed by atoms with van der Waals surface area (Å²) >= 11 is 0. The van der Waals surface area contributed by atoms with Crippen LogP contribution in [-0.4, -0.2) is 49.8 Å². The molecule has 32 heavy (non-hydrogen) atoms. The fourth-order valence-electron chi connectivity index (χ4n) is 7.95. The second-order valence-electron chi connectivity index (χ2n) is 11.7. The van der Waals surface area contributed by atoms with Crippen molar-refractivity contribution in [3.05, 3.63) is 35.4 Å². The molecule has 6 heteroatoms. The minimum atomic E-state index is -2.15. The van der Waals surface area contributed by atoms with E-state index >= 15 is 0 Å². The Kier molecular flexibility index (Phi) is 4.97. The van der Waals surface area contributed by atoms with Crippen LogP contribution < -0.4 is 14.9 Å². The summed E-state index contributed by atoms with van der Waals surface area (Å²) < 4.78 is 13.8. The van der Waals surface area contributed by atoms with Crippen LogP contribution in [0, 0.1) is 5.92 Å². The quantitative estimate of drug-likeness (QED) is 0.392. The van der Waals surface area contributed by atoms with E-state index in [1.165, 1.54) is 11.1 Å². The number of aliphatic hydroxyl groups is 1. The van der Waals surface area contributed by atoms with E-state index < -0.39 is 20.1 Å². The molecule has 1 aromatic rings. The average molecular weight is 457 g/mol. The molecule has 1 fully saturated rings. The lowest BCUT2D eigenvalue weighted by atomic mass is 9.52. The van der Waals surface area contributed by atoms with Crippen molar-refractivity contribution in [3.8, 4) is 11.5 Å². The third-order valence-electron chi connectivity index (χ3n) is 9.24. The fourth-order valence-corrected chi connectivity index (χ4v) is 13.2. The molecule has 5 rings (SSSR count). The Morgan fingerprint density at radius 2 is 1.81 bits per heavy atom. The molecule has 5 atom stereocenters. The third-order valence-corrected chi connectivity index (χ3v) is 15.2. The number of ether oxygens (including phenoxy) is 1. The van der Waals surface area contributed by atoms with Crippen LogP contribution in [0.2, 0.25) is 16.6 Å². The molecule has 2 heterocycles. The van der Waals surface area contributed by atoms with Crippen molar-refractivity contribution in [3.63, 3.8) is 0 Å². The molecule has 4 aliphatic rings. The van der Waals surface area contributed by atoms with E-state index in [1.54, 1.807) is 6.08 Å². The molecule has 0 unspecified atom stereocenters. The SMILES string of the molecule is CC(C)[Si](Oc1ccc2c3c1O[C@@H]1[C@]34CCN(C)[C@H](C2)[C@@H]4C=C[C@]1(N)O)(C(C)C)C(C)C. The van der Waals surface area contributed by atoms with Crippen LogP contribution in [0.25, 0.3) is 0 Å². The summed E-state index contributed by atoms with van der Waals surface area (Å²) in [6, 6.07) is 4.80. The first-order chi connectivity index (χ1) is 15.0. The molecule has 0 aromatic heterocycles. The second-order valence-corrected chi connectivity index (χ2v) is 17.0. The second kappa shape index (κ2) is 7.08. The molecule has 5 nitrogen and oxygen atoms in total. The van der Waals surface area contributed by atoms with Gasteiger partial charge in [0.2, 0.25) is 0 Å². The highest BCUT2D eigenvalue weighted by Crippen LogP contribution is 2.64. The fraction of sp³-hybridized carbons (Fsp3) is 0.692. The van der Waals surface area contributed by atoms with Gasteiger partial charge in [-0.2, -0.15) is 0 Å². The number of likely N-dealkylation sites (N-methyl/N-ethyl adjacent to an activating group) is 1. The summed E-state index contributed by atoms with van der Waals surface area (Å²) in [6.07, 6.45) is 5.40. The highest BCUT2D eigenvalue weighted by Gasteiger charge is 2.67.